The third-order valence-corrected chi connectivity index (χ3v) is 16.0. The van der Waals surface area contributed by atoms with Gasteiger partial charge in [0.25, 0.3) is 0 Å². The Morgan fingerprint density at radius 1 is 0.431 bits per heavy atom. The molecule has 0 amide bonds. The second-order valence-corrected chi connectivity index (χ2v) is 19.7. The predicted molar refractivity (Wildman–Crippen MR) is 232 cm³/mol. The zero-order valence-corrected chi connectivity index (χ0v) is 33.1. The average Bonchev–Trinajstić information content (AvgIpc) is 3.19. The maximum absolute atomic E-state index is 10.7. The van der Waals surface area contributed by atoms with Crippen LogP contribution in [0.4, 0.5) is 11.4 Å². The Kier molecular flexibility index (Phi) is 7.51. The number of fused-ring (bicyclic) bond motifs is 2. The van der Waals surface area contributed by atoms with Gasteiger partial charge in [0.2, 0.25) is 0 Å². The van der Waals surface area contributed by atoms with Gasteiger partial charge in [0.05, 0.1) is 11.4 Å². The number of benzene rings is 6. The van der Waals surface area contributed by atoms with Gasteiger partial charge in [-0.05, 0) is 192 Å². The molecule has 8 aliphatic carbocycles. The van der Waals surface area contributed by atoms with Crippen molar-refractivity contribution >= 4 is 32.9 Å². The minimum Gasteiger partial charge on any atom is -0.506 e. The van der Waals surface area contributed by atoms with Crippen molar-refractivity contribution in [3.8, 4) is 45.6 Å². The molecule has 6 nitrogen and oxygen atoms in total. The molecule has 0 radical (unpaired) electrons. The van der Waals surface area contributed by atoms with Crippen molar-refractivity contribution in [3.05, 3.63) is 108 Å². The standard InChI is InChI=1S/C52H52N2O4/c53-43-11-7-35(21-45(43)55)57-47-13-9-37-39(3-1-5-41(37)51-23-29-15-30(24-51)17-31(16-29)25-51)49(47)50-40-4-2-6-42(52-26-32-18-33(27-52)20-34(19-32)28-52)38(40)10-14-48(50)58-36-8-12-44(54)46(56)22-36/h1-14,21-22,29-34,55-56H,15-20,23-28,53-54H2. The molecule has 58 heavy (non-hydrogen) atoms. The number of phenols is 2. The number of nitrogen functional groups attached to an aromatic ring is 2. The molecule has 8 saturated carbocycles. The van der Waals surface area contributed by atoms with Gasteiger partial charge in [-0.1, -0.05) is 48.5 Å². The molecule has 0 saturated heterocycles. The predicted octanol–water partition coefficient (Wildman–Crippen LogP) is 12.8. The zero-order valence-electron chi connectivity index (χ0n) is 33.1. The summed E-state index contributed by atoms with van der Waals surface area (Å²) in [5, 5.41) is 26.2. The quantitative estimate of drug-likeness (QED) is 0.0951. The molecule has 8 bridgehead atoms. The summed E-state index contributed by atoms with van der Waals surface area (Å²) in [6.45, 7) is 0. The van der Waals surface area contributed by atoms with Crippen molar-refractivity contribution in [1.82, 2.24) is 0 Å². The lowest BCUT2D eigenvalue weighted by atomic mass is 9.47. The van der Waals surface area contributed by atoms with E-state index in [1.807, 2.05) is 12.1 Å². The van der Waals surface area contributed by atoms with E-state index in [1.54, 1.807) is 24.3 Å². The number of nitrogens with two attached hydrogens (primary N) is 2. The first-order chi connectivity index (χ1) is 28.2. The summed E-state index contributed by atoms with van der Waals surface area (Å²) in [5.74, 6) is 7.25. The van der Waals surface area contributed by atoms with Crippen LogP contribution in [0.2, 0.25) is 0 Å². The molecular weight excluding hydrogens is 717 g/mol. The number of hydrogen-bond donors (Lipinski definition) is 4. The van der Waals surface area contributed by atoms with Gasteiger partial charge in [0.1, 0.15) is 34.5 Å². The summed E-state index contributed by atoms with van der Waals surface area (Å²) in [4.78, 5) is 0. The Labute approximate surface area is 340 Å². The van der Waals surface area contributed by atoms with E-state index in [2.05, 4.69) is 60.7 Å². The maximum atomic E-state index is 10.7. The van der Waals surface area contributed by atoms with E-state index in [0.717, 1.165) is 57.4 Å². The molecule has 8 fully saturated rings. The van der Waals surface area contributed by atoms with Crippen molar-refractivity contribution in [3.63, 3.8) is 0 Å². The minimum absolute atomic E-state index is 0.0125. The van der Waals surface area contributed by atoms with Crippen molar-refractivity contribution in [2.75, 3.05) is 11.5 Å². The normalized spacial score (nSPS) is 30.3. The lowest BCUT2D eigenvalue weighted by molar-refractivity contribution is -0.00462. The number of rotatable bonds is 7. The van der Waals surface area contributed by atoms with Gasteiger partial charge >= 0.3 is 0 Å². The number of ether oxygens (including phenoxy) is 2. The van der Waals surface area contributed by atoms with Crippen LogP contribution < -0.4 is 20.9 Å². The lowest BCUT2D eigenvalue weighted by Crippen LogP contribution is -2.48. The molecule has 14 rings (SSSR count). The van der Waals surface area contributed by atoms with E-state index in [4.69, 9.17) is 20.9 Å². The van der Waals surface area contributed by atoms with Crippen LogP contribution in [0.5, 0.6) is 34.5 Å². The summed E-state index contributed by atoms with van der Waals surface area (Å²) in [6, 6.07) is 32.9. The van der Waals surface area contributed by atoms with Crippen LogP contribution in [0.1, 0.15) is 88.2 Å². The molecule has 6 heteroatoms. The highest BCUT2D eigenvalue weighted by atomic mass is 16.5. The molecule has 0 heterocycles. The van der Waals surface area contributed by atoms with E-state index in [0.29, 0.717) is 34.4 Å². The Morgan fingerprint density at radius 2 is 0.793 bits per heavy atom. The average molecular weight is 769 g/mol. The summed E-state index contributed by atoms with van der Waals surface area (Å²) in [5.41, 5.74) is 18.0. The van der Waals surface area contributed by atoms with Crippen LogP contribution in [0.25, 0.3) is 32.7 Å². The Balaban J connectivity index is 1.12. The van der Waals surface area contributed by atoms with E-state index < -0.39 is 0 Å². The first-order valence-electron chi connectivity index (χ1n) is 21.8. The highest BCUT2D eigenvalue weighted by molar-refractivity contribution is 6.11. The smallest absolute Gasteiger partial charge is 0.142 e. The van der Waals surface area contributed by atoms with Gasteiger partial charge in [-0.15, -0.1) is 0 Å². The SMILES string of the molecule is Nc1ccc(Oc2ccc3c(C45CC6CC(CC(C6)C4)C5)cccc3c2-c2c(Oc3ccc(N)c(O)c3)ccc3c(C45CC6CC(CC(C6)C4)C5)cccc23)cc1O. The Bertz CT molecular complexity index is 2410. The van der Waals surface area contributed by atoms with Gasteiger partial charge in [0.15, 0.2) is 0 Å². The van der Waals surface area contributed by atoms with E-state index >= 15 is 0 Å². The van der Waals surface area contributed by atoms with Crippen molar-refractivity contribution in [1.29, 1.82) is 0 Å². The number of anilines is 2. The molecule has 6 aromatic rings. The zero-order chi connectivity index (χ0) is 38.9. The van der Waals surface area contributed by atoms with Gasteiger partial charge in [-0.2, -0.15) is 0 Å². The highest BCUT2D eigenvalue weighted by Gasteiger charge is 2.53. The van der Waals surface area contributed by atoms with Crippen LogP contribution in [0, 0.1) is 35.5 Å². The van der Waals surface area contributed by atoms with Gasteiger partial charge in [-0.25, -0.2) is 0 Å². The van der Waals surface area contributed by atoms with Gasteiger partial charge in [-0.3, -0.25) is 0 Å². The molecule has 0 atom stereocenters. The van der Waals surface area contributed by atoms with Crippen LogP contribution in [0.3, 0.4) is 0 Å². The van der Waals surface area contributed by atoms with E-state index in [9.17, 15) is 10.2 Å². The summed E-state index contributed by atoms with van der Waals surface area (Å²) in [6.07, 6.45) is 16.0. The summed E-state index contributed by atoms with van der Waals surface area (Å²) < 4.78 is 13.8. The van der Waals surface area contributed by atoms with Crippen LogP contribution >= 0.6 is 0 Å². The van der Waals surface area contributed by atoms with Gasteiger partial charge in [0, 0.05) is 23.3 Å². The molecule has 6 aromatic carbocycles. The fraction of sp³-hybridized carbons (Fsp3) is 0.385. The molecule has 8 aliphatic rings. The third-order valence-electron chi connectivity index (χ3n) is 16.0. The van der Waals surface area contributed by atoms with Crippen LogP contribution in [-0.2, 0) is 10.8 Å². The number of aromatic hydroxyl groups is 2. The second-order valence-electron chi connectivity index (χ2n) is 19.7. The fourth-order valence-corrected chi connectivity index (χ4v) is 14.6. The first kappa shape index (κ1) is 34.7. The minimum atomic E-state index is -0.0125. The van der Waals surface area contributed by atoms with Crippen LogP contribution in [0.15, 0.2) is 97.1 Å². The van der Waals surface area contributed by atoms with Crippen molar-refractivity contribution in [2.45, 2.75) is 87.9 Å². The molecule has 0 spiro atoms. The number of phenolic OH excluding ortho intramolecular Hbond substituents is 2. The first-order valence-corrected chi connectivity index (χ1v) is 21.8. The Morgan fingerprint density at radius 3 is 1.14 bits per heavy atom. The van der Waals surface area contributed by atoms with Crippen molar-refractivity contribution < 1.29 is 19.7 Å². The topological polar surface area (TPSA) is 111 Å². The van der Waals surface area contributed by atoms with Crippen LogP contribution in [-0.4, -0.2) is 10.2 Å². The monoisotopic (exact) mass is 768 g/mol. The molecular formula is C52H52N2O4. The summed E-state index contributed by atoms with van der Waals surface area (Å²) in [7, 11) is 0. The Hall–Kier alpha value is -5.36. The van der Waals surface area contributed by atoms with E-state index in [1.165, 1.54) is 98.9 Å². The largest absolute Gasteiger partial charge is 0.506 e. The molecule has 6 N–H and O–H groups in total. The maximum Gasteiger partial charge on any atom is 0.142 e. The third kappa shape index (κ3) is 5.36. The molecule has 0 aromatic heterocycles. The molecule has 294 valence electrons. The molecule has 0 aliphatic heterocycles. The molecule has 0 unspecified atom stereocenters. The second kappa shape index (κ2) is 12.6. The number of hydrogen-bond acceptors (Lipinski definition) is 6. The fourth-order valence-electron chi connectivity index (χ4n) is 14.6. The summed E-state index contributed by atoms with van der Waals surface area (Å²) >= 11 is 0. The lowest BCUT2D eigenvalue weighted by Gasteiger charge is -2.57. The van der Waals surface area contributed by atoms with Crippen molar-refractivity contribution in [2.24, 2.45) is 35.5 Å². The van der Waals surface area contributed by atoms with Gasteiger partial charge < -0.3 is 31.2 Å². The highest BCUT2D eigenvalue weighted by Crippen LogP contribution is 2.64. The van der Waals surface area contributed by atoms with E-state index in [-0.39, 0.29) is 22.3 Å².